The highest BCUT2D eigenvalue weighted by Gasteiger charge is 2.36. The summed E-state index contributed by atoms with van der Waals surface area (Å²) in [4.78, 5) is 1.35. The van der Waals surface area contributed by atoms with Crippen LogP contribution in [0.5, 0.6) is 5.75 Å². The normalized spacial score (nSPS) is 15.9. The number of piperazine rings is 1. The third kappa shape index (κ3) is 4.21. The first-order valence-electron chi connectivity index (χ1n) is 8.31. The monoisotopic (exact) mass is 411 g/mol. The fraction of sp³-hybridized carbons (Fsp3) is 0.278. The molecular formula is C18H16F3N3O3S. The first kappa shape index (κ1) is 20.0. The van der Waals surface area contributed by atoms with Gasteiger partial charge in [0, 0.05) is 26.2 Å². The van der Waals surface area contributed by atoms with Crippen molar-refractivity contribution in [1.29, 1.82) is 5.26 Å². The Bertz CT molecular complexity index is 995. The number of anilines is 1. The lowest BCUT2D eigenvalue weighted by molar-refractivity contribution is -0.275. The van der Waals surface area contributed by atoms with Crippen LogP contribution >= 0.6 is 0 Å². The van der Waals surface area contributed by atoms with E-state index in [1.54, 1.807) is 24.3 Å². The van der Waals surface area contributed by atoms with Crippen LogP contribution in [0.15, 0.2) is 53.4 Å². The summed E-state index contributed by atoms with van der Waals surface area (Å²) in [5, 5.41) is 9.21. The predicted molar refractivity (Wildman–Crippen MR) is 95.3 cm³/mol. The molecule has 1 fully saturated rings. The summed E-state index contributed by atoms with van der Waals surface area (Å²) >= 11 is 0. The zero-order chi connectivity index (χ0) is 20.4. The third-order valence-electron chi connectivity index (χ3n) is 4.30. The van der Waals surface area contributed by atoms with Crippen LogP contribution in [-0.2, 0) is 10.0 Å². The SMILES string of the molecule is N#Cc1ccccc1N1CCN(S(=O)(=O)c2ccccc2OC(F)(F)F)CC1. The molecule has 0 aromatic heterocycles. The summed E-state index contributed by atoms with van der Waals surface area (Å²) in [5.41, 5.74) is 1.17. The van der Waals surface area contributed by atoms with Crippen LogP contribution in [0.4, 0.5) is 18.9 Å². The number of sulfonamides is 1. The van der Waals surface area contributed by atoms with Crippen LogP contribution in [0.2, 0.25) is 0 Å². The number of ether oxygens (including phenoxy) is 1. The van der Waals surface area contributed by atoms with Gasteiger partial charge in [-0.25, -0.2) is 8.42 Å². The highest BCUT2D eigenvalue weighted by Crippen LogP contribution is 2.32. The van der Waals surface area contributed by atoms with Crippen molar-refractivity contribution < 1.29 is 26.3 Å². The molecule has 3 rings (SSSR count). The smallest absolute Gasteiger partial charge is 0.404 e. The van der Waals surface area contributed by atoms with Crippen molar-refractivity contribution in [3.05, 3.63) is 54.1 Å². The molecule has 6 nitrogen and oxygen atoms in total. The van der Waals surface area contributed by atoms with Crippen molar-refractivity contribution in [3.8, 4) is 11.8 Å². The molecular weight excluding hydrogens is 395 g/mol. The van der Waals surface area contributed by atoms with Gasteiger partial charge in [-0.05, 0) is 24.3 Å². The average molecular weight is 411 g/mol. The lowest BCUT2D eigenvalue weighted by Crippen LogP contribution is -2.49. The Morgan fingerprint density at radius 2 is 1.57 bits per heavy atom. The quantitative estimate of drug-likeness (QED) is 0.774. The van der Waals surface area contributed by atoms with E-state index in [0.717, 1.165) is 16.4 Å². The Morgan fingerprint density at radius 1 is 0.964 bits per heavy atom. The van der Waals surface area contributed by atoms with Gasteiger partial charge in [0.1, 0.15) is 16.7 Å². The number of halogens is 3. The number of rotatable bonds is 4. The van der Waals surface area contributed by atoms with E-state index in [9.17, 15) is 26.9 Å². The zero-order valence-corrected chi connectivity index (χ0v) is 15.4. The molecule has 2 aromatic rings. The van der Waals surface area contributed by atoms with Gasteiger partial charge in [0.25, 0.3) is 0 Å². The lowest BCUT2D eigenvalue weighted by Gasteiger charge is -2.35. The van der Waals surface area contributed by atoms with E-state index in [2.05, 4.69) is 10.8 Å². The molecule has 28 heavy (non-hydrogen) atoms. The molecule has 0 saturated carbocycles. The van der Waals surface area contributed by atoms with Gasteiger partial charge in [-0.1, -0.05) is 24.3 Å². The van der Waals surface area contributed by atoms with Gasteiger partial charge in [0.05, 0.1) is 11.3 Å². The average Bonchev–Trinajstić information content (AvgIpc) is 2.67. The van der Waals surface area contributed by atoms with Crippen LogP contribution in [0.1, 0.15) is 5.56 Å². The Morgan fingerprint density at radius 3 is 2.21 bits per heavy atom. The van der Waals surface area contributed by atoms with E-state index in [1.807, 2.05) is 4.90 Å². The molecule has 0 N–H and O–H groups in total. The number of hydrogen-bond donors (Lipinski definition) is 0. The van der Waals surface area contributed by atoms with E-state index in [1.165, 1.54) is 12.1 Å². The fourth-order valence-corrected chi connectivity index (χ4v) is 4.56. The molecule has 0 aliphatic carbocycles. The molecule has 1 saturated heterocycles. The lowest BCUT2D eigenvalue weighted by atomic mass is 10.1. The summed E-state index contributed by atoms with van der Waals surface area (Å²) in [6.07, 6.45) is -4.99. The molecule has 0 atom stereocenters. The molecule has 1 aliphatic heterocycles. The molecule has 0 unspecified atom stereocenters. The van der Waals surface area contributed by atoms with Crippen molar-refractivity contribution in [2.45, 2.75) is 11.3 Å². The molecule has 148 valence electrons. The molecule has 0 bridgehead atoms. The number of alkyl halides is 3. The number of nitriles is 1. The standard InChI is InChI=1S/C18H16F3N3O3S/c19-18(20,21)27-16-7-3-4-8-17(16)28(25,26)24-11-9-23(10-12-24)15-6-2-1-5-14(15)13-22/h1-8H,9-12H2. The van der Waals surface area contributed by atoms with Crippen molar-refractivity contribution >= 4 is 15.7 Å². The van der Waals surface area contributed by atoms with Crippen LogP contribution in [0.3, 0.4) is 0 Å². The summed E-state index contributed by atoms with van der Waals surface area (Å²) < 4.78 is 68.5. The Kier molecular flexibility index (Phi) is 5.49. The number of para-hydroxylation sites is 2. The minimum atomic E-state index is -4.99. The third-order valence-corrected chi connectivity index (χ3v) is 6.23. The number of hydrogen-bond acceptors (Lipinski definition) is 5. The number of nitrogens with zero attached hydrogens (tertiary/aromatic N) is 3. The summed E-state index contributed by atoms with van der Waals surface area (Å²) in [6.45, 7) is 0.755. The largest absolute Gasteiger partial charge is 0.573 e. The van der Waals surface area contributed by atoms with E-state index in [-0.39, 0.29) is 13.1 Å². The van der Waals surface area contributed by atoms with E-state index in [0.29, 0.717) is 24.3 Å². The van der Waals surface area contributed by atoms with Crippen LogP contribution in [0, 0.1) is 11.3 Å². The fourth-order valence-electron chi connectivity index (χ4n) is 3.02. The van der Waals surface area contributed by atoms with E-state index >= 15 is 0 Å². The van der Waals surface area contributed by atoms with Crippen molar-refractivity contribution in [1.82, 2.24) is 4.31 Å². The van der Waals surface area contributed by atoms with Crippen LogP contribution < -0.4 is 9.64 Å². The Hall–Kier alpha value is -2.77. The highest BCUT2D eigenvalue weighted by molar-refractivity contribution is 7.89. The van der Waals surface area contributed by atoms with Crippen LogP contribution in [-0.4, -0.2) is 45.3 Å². The summed E-state index contributed by atoms with van der Waals surface area (Å²) in [6, 6.07) is 13.7. The first-order valence-corrected chi connectivity index (χ1v) is 9.75. The first-order chi connectivity index (χ1) is 13.2. The molecule has 0 spiro atoms. The minimum absolute atomic E-state index is 0.0719. The molecule has 10 heteroatoms. The Labute approximate surface area is 160 Å². The second kappa shape index (κ2) is 7.69. The maximum absolute atomic E-state index is 12.9. The number of benzene rings is 2. The maximum atomic E-state index is 12.9. The Balaban J connectivity index is 1.80. The predicted octanol–water partition coefficient (Wildman–Crippen LogP) is 2.97. The summed E-state index contributed by atoms with van der Waals surface area (Å²) in [5.74, 6) is -0.757. The topological polar surface area (TPSA) is 73.6 Å². The van der Waals surface area contributed by atoms with Gasteiger partial charge in [-0.15, -0.1) is 13.2 Å². The molecule has 1 heterocycles. The zero-order valence-electron chi connectivity index (χ0n) is 14.6. The van der Waals surface area contributed by atoms with Gasteiger partial charge in [0.2, 0.25) is 10.0 Å². The summed E-state index contributed by atoms with van der Waals surface area (Å²) in [7, 11) is -4.17. The van der Waals surface area contributed by atoms with Crippen molar-refractivity contribution in [2.24, 2.45) is 0 Å². The van der Waals surface area contributed by atoms with Gasteiger partial charge in [-0.2, -0.15) is 9.57 Å². The van der Waals surface area contributed by atoms with Crippen molar-refractivity contribution in [3.63, 3.8) is 0 Å². The molecule has 0 amide bonds. The maximum Gasteiger partial charge on any atom is 0.573 e. The molecule has 1 aliphatic rings. The van der Waals surface area contributed by atoms with Crippen LogP contribution in [0.25, 0.3) is 0 Å². The highest BCUT2D eigenvalue weighted by atomic mass is 32.2. The van der Waals surface area contributed by atoms with Crippen molar-refractivity contribution in [2.75, 3.05) is 31.1 Å². The van der Waals surface area contributed by atoms with E-state index in [4.69, 9.17) is 0 Å². The van der Waals surface area contributed by atoms with Gasteiger partial charge >= 0.3 is 6.36 Å². The molecule has 2 aromatic carbocycles. The second-order valence-electron chi connectivity index (χ2n) is 6.01. The minimum Gasteiger partial charge on any atom is -0.404 e. The second-order valence-corrected chi connectivity index (χ2v) is 7.92. The molecule has 0 radical (unpaired) electrons. The van der Waals surface area contributed by atoms with Gasteiger partial charge < -0.3 is 9.64 Å². The van der Waals surface area contributed by atoms with Gasteiger partial charge in [0.15, 0.2) is 0 Å². The van der Waals surface area contributed by atoms with E-state index < -0.39 is 27.0 Å². The van der Waals surface area contributed by atoms with Gasteiger partial charge in [-0.3, -0.25) is 0 Å².